The van der Waals surface area contributed by atoms with Gasteiger partial charge in [0.2, 0.25) is 0 Å². The Balaban J connectivity index is 2.20. The minimum absolute atomic E-state index is 0.680. The van der Waals surface area contributed by atoms with E-state index in [0.717, 1.165) is 51.3 Å². The van der Waals surface area contributed by atoms with E-state index in [4.69, 9.17) is 4.74 Å². The largest absolute Gasteiger partial charge is 0.381 e. The van der Waals surface area contributed by atoms with E-state index in [1.165, 1.54) is 0 Å². The molecule has 1 saturated heterocycles. The molecule has 4 heteroatoms. The summed E-state index contributed by atoms with van der Waals surface area (Å²) in [6.07, 6.45) is 3.27. The van der Waals surface area contributed by atoms with Gasteiger partial charge in [-0.3, -0.25) is 0 Å². The maximum Gasteiger partial charge on any atom is 0.0942 e. The van der Waals surface area contributed by atoms with Crippen LogP contribution in [-0.2, 0) is 15.7 Å². The Kier molecular flexibility index (Phi) is 6.45. The van der Waals surface area contributed by atoms with E-state index >= 15 is 0 Å². The molecule has 90 valence electrons. The maximum atomic E-state index is 11.7. The zero-order chi connectivity index (χ0) is 11.1. The van der Waals surface area contributed by atoms with Crippen molar-refractivity contribution in [3.63, 3.8) is 0 Å². The molecule has 0 radical (unpaired) electrons. The summed E-state index contributed by atoms with van der Waals surface area (Å²) >= 11 is 0. The Morgan fingerprint density at radius 3 is 2.53 bits per heavy atom. The summed E-state index contributed by atoms with van der Waals surface area (Å²) < 4.78 is 19.3. The van der Waals surface area contributed by atoms with Gasteiger partial charge in [0.15, 0.2) is 0 Å². The molecular formula is C11H23NO2S. The molecule has 15 heavy (non-hydrogen) atoms. The molecule has 0 aromatic rings. The number of ether oxygens (including phenoxy) is 1. The van der Waals surface area contributed by atoms with Crippen LogP contribution < -0.4 is 0 Å². The van der Waals surface area contributed by atoms with E-state index in [1.807, 2.05) is 6.92 Å². The first-order valence-corrected chi connectivity index (χ1v) is 7.26. The van der Waals surface area contributed by atoms with Gasteiger partial charge < -0.3 is 4.74 Å². The van der Waals surface area contributed by atoms with Crippen LogP contribution in [-0.4, -0.2) is 40.6 Å². The topological polar surface area (TPSA) is 29.5 Å². The van der Waals surface area contributed by atoms with Crippen molar-refractivity contribution in [3.05, 3.63) is 0 Å². The second kappa shape index (κ2) is 7.36. The fourth-order valence-electron chi connectivity index (χ4n) is 1.87. The molecule has 1 atom stereocenters. The van der Waals surface area contributed by atoms with Crippen molar-refractivity contribution in [2.75, 3.05) is 32.1 Å². The lowest BCUT2D eigenvalue weighted by molar-refractivity contribution is 0.0890. The van der Waals surface area contributed by atoms with Crippen LogP contribution >= 0.6 is 0 Å². The van der Waals surface area contributed by atoms with Gasteiger partial charge in [0.1, 0.15) is 0 Å². The van der Waals surface area contributed by atoms with Crippen LogP contribution in [0.25, 0.3) is 0 Å². The molecule has 1 aliphatic heterocycles. The van der Waals surface area contributed by atoms with E-state index in [1.54, 1.807) is 0 Å². The Morgan fingerprint density at radius 1 is 1.33 bits per heavy atom. The molecule has 0 aromatic carbocycles. The highest BCUT2D eigenvalue weighted by molar-refractivity contribution is 7.82. The zero-order valence-electron chi connectivity index (χ0n) is 9.91. The fourth-order valence-corrected chi connectivity index (χ4v) is 3.09. The van der Waals surface area contributed by atoms with Crippen LogP contribution in [0.4, 0.5) is 0 Å². The number of hydrogen-bond donors (Lipinski definition) is 0. The Morgan fingerprint density at radius 2 is 2.00 bits per heavy atom. The first-order valence-electron chi connectivity index (χ1n) is 5.99. The van der Waals surface area contributed by atoms with Gasteiger partial charge in [0.05, 0.1) is 11.0 Å². The minimum atomic E-state index is -0.735. The molecule has 1 unspecified atom stereocenters. The van der Waals surface area contributed by atoms with Gasteiger partial charge in [-0.05, 0) is 32.1 Å². The van der Waals surface area contributed by atoms with Gasteiger partial charge in [0.25, 0.3) is 0 Å². The predicted molar refractivity (Wildman–Crippen MR) is 64.1 cm³/mol. The fraction of sp³-hybridized carbons (Fsp3) is 1.00. The number of piperidine rings is 1. The van der Waals surface area contributed by atoms with Crippen LogP contribution in [0.3, 0.4) is 0 Å². The molecule has 0 aromatic heterocycles. The van der Waals surface area contributed by atoms with E-state index in [9.17, 15) is 4.21 Å². The Bertz CT molecular complexity index is 191. The number of rotatable bonds is 6. The molecular weight excluding hydrogens is 210 g/mol. The third-order valence-corrected chi connectivity index (χ3v) is 4.50. The molecule has 1 fully saturated rings. The molecule has 1 rings (SSSR count). The summed E-state index contributed by atoms with van der Waals surface area (Å²) in [5.41, 5.74) is 0. The van der Waals surface area contributed by atoms with Crippen LogP contribution in [0, 0.1) is 5.92 Å². The molecule has 1 aliphatic rings. The van der Waals surface area contributed by atoms with Crippen molar-refractivity contribution in [2.45, 2.75) is 33.1 Å². The SMILES string of the molecule is CCCS(=O)N1CCC(COCC)CC1. The average Bonchev–Trinajstić information content (AvgIpc) is 2.27. The summed E-state index contributed by atoms with van der Waals surface area (Å²) in [4.78, 5) is 0. The summed E-state index contributed by atoms with van der Waals surface area (Å²) in [5, 5.41) is 0. The summed E-state index contributed by atoms with van der Waals surface area (Å²) in [6, 6.07) is 0. The number of hydrogen-bond acceptors (Lipinski definition) is 2. The molecule has 0 N–H and O–H groups in total. The van der Waals surface area contributed by atoms with Gasteiger partial charge in [0, 0.05) is 32.1 Å². The van der Waals surface area contributed by atoms with Gasteiger partial charge in [-0.2, -0.15) is 0 Å². The lowest BCUT2D eigenvalue weighted by atomic mass is 9.99. The summed E-state index contributed by atoms with van der Waals surface area (Å²) in [5.74, 6) is 1.50. The van der Waals surface area contributed by atoms with Gasteiger partial charge in [-0.1, -0.05) is 6.92 Å². The van der Waals surface area contributed by atoms with Crippen molar-refractivity contribution in [3.8, 4) is 0 Å². The highest BCUT2D eigenvalue weighted by Crippen LogP contribution is 2.18. The van der Waals surface area contributed by atoms with E-state index in [0.29, 0.717) is 5.92 Å². The normalized spacial score (nSPS) is 21.7. The third-order valence-electron chi connectivity index (χ3n) is 2.80. The second-order valence-electron chi connectivity index (χ2n) is 4.06. The monoisotopic (exact) mass is 233 g/mol. The standard InChI is InChI=1S/C11H23NO2S/c1-3-9-15(13)12-7-5-11(6-8-12)10-14-4-2/h11H,3-10H2,1-2H3. The quantitative estimate of drug-likeness (QED) is 0.700. The number of nitrogens with zero attached hydrogens (tertiary/aromatic N) is 1. The second-order valence-corrected chi connectivity index (χ2v) is 5.63. The first-order chi connectivity index (χ1) is 7.27. The van der Waals surface area contributed by atoms with Crippen LogP contribution in [0.15, 0.2) is 0 Å². The van der Waals surface area contributed by atoms with Crippen molar-refractivity contribution in [2.24, 2.45) is 5.92 Å². The Labute approximate surface area is 95.8 Å². The van der Waals surface area contributed by atoms with E-state index in [-0.39, 0.29) is 0 Å². The highest BCUT2D eigenvalue weighted by Gasteiger charge is 2.22. The molecule has 0 amide bonds. The van der Waals surface area contributed by atoms with E-state index < -0.39 is 11.0 Å². The van der Waals surface area contributed by atoms with Crippen molar-refractivity contribution >= 4 is 11.0 Å². The molecule has 0 saturated carbocycles. The van der Waals surface area contributed by atoms with Crippen LogP contribution in [0.1, 0.15) is 33.1 Å². The maximum absolute atomic E-state index is 11.7. The highest BCUT2D eigenvalue weighted by atomic mass is 32.2. The van der Waals surface area contributed by atoms with Gasteiger partial charge in [-0.15, -0.1) is 0 Å². The average molecular weight is 233 g/mol. The molecule has 0 spiro atoms. The van der Waals surface area contributed by atoms with Crippen LogP contribution in [0.5, 0.6) is 0 Å². The summed E-state index contributed by atoms with van der Waals surface area (Å²) in [7, 11) is -0.735. The van der Waals surface area contributed by atoms with Crippen molar-refractivity contribution in [1.29, 1.82) is 0 Å². The lowest BCUT2D eigenvalue weighted by Crippen LogP contribution is -2.37. The van der Waals surface area contributed by atoms with Crippen molar-refractivity contribution in [1.82, 2.24) is 4.31 Å². The van der Waals surface area contributed by atoms with Gasteiger partial charge >= 0.3 is 0 Å². The molecule has 0 aliphatic carbocycles. The molecule has 1 heterocycles. The molecule has 0 bridgehead atoms. The van der Waals surface area contributed by atoms with E-state index in [2.05, 4.69) is 11.2 Å². The summed E-state index contributed by atoms with van der Waals surface area (Å²) in [6.45, 7) is 7.76. The Hall–Kier alpha value is 0.0700. The predicted octanol–water partition coefficient (Wildman–Crippen LogP) is 1.81. The van der Waals surface area contributed by atoms with Crippen molar-refractivity contribution < 1.29 is 8.95 Å². The minimum Gasteiger partial charge on any atom is -0.381 e. The zero-order valence-corrected chi connectivity index (χ0v) is 10.7. The first kappa shape index (κ1) is 13.1. The molecule has 3 nitrogen and oxygen atoms in total. The van der Waals surface area contributed by atoms with Crippen LogP contribution in [0.2, 0.25) is 0 Å². The smallest absolute Gasteiger partial charge is 0.0942 e. The van der Waals surface area contributed by atoms with Gasteiger partial charge in [-0.25, -0.2) is 8.51 Å². The third kappa shape index (κ3) is 4.62. The lowest BCUT2D eigenvalue weighted by Gasteiger charge is -2.30.